The molecule has 1 heterocycles. The molecule has 4 nitrogen and oxygen atoms in total. The summed E-state index contributed by atoms with van der Waals surface area (Å²) in [6.45, 7) is 10.00. The van der Waals surface area contributed by atoms with Gasteiger partial charge in [0.2, 0.25) is 0 Å². The van der Waals surface area contributed by atoms with Crippen LogP contribution in [-0.2, 0) is 4.74 Å². The maximum Gasteiger partial charge on any atom is 0.191 e. The van der Waals surface area contributed by atoms with Gasteiger partial charge < -0.3 is 15.4 Å². The first-order valence-corrected chi connectivity index (χ1v) is 10.6. The Bertz CT molecular complexity index is 529. The molecule has 5 heteroatoms. The Morgan fingerprint density at radius 3 is 2.52 bits per heavy atom. The highest BCUT2D eigenvalue weighted by molar-refractivity contribution is 8.00. The van der Waals surface area contributed by atoms with E-state index in [9.17, 15) is 0 Å². The van der Waals surface area contributed by atoms with Crippen molar-refractivity contribution in [3.63, 3.8) is 0 Å². The smallest absolute Gasteiger partial charge is 0.191 e. The molecular weight excluding hydrogens is 330 g/mol. The minimum atomic E-state index is 0.217. The van der Waals surface area contributed by atoms with Gasteiger partial charge in [-0.05, 0) is 38.5 Å². The lowest BCUT2D eigenvalue weighted by molar-refractivity contribution is 0.0794. The number of nitrogens with one attached hydrogen (secondary N) is 2. The number of nitrogens with zero attached hydrogens (tertiary/aromatic N) is 1. The van der Waals surface area contributed by atoms with Crippen molar-refractivity contribution in [3.05, 3.63) is 35.9 Å². The molecule has 1 aromatic carbocycles. The zero-order chi connectivity index (χ0) is 18.1. The summed E-state index contributed by atoms with van der Waals surface area (Å²) >= 11 is 1.93. The molecule has 0 bridgehead atoms. The number of ether oxygens (including phenoxy) is 1. The van der Waals surface area contributed by atoms with E-state index in [1.807, 2.05) is 11.8 Å². The number of aliphatic imine (C=N–C) groups is 1. The first-order chi connectivity index (χ1) is 12.1. The van der Waals surface area contributed by atoms with Crippen LogP contribution >= 0.6 is 11.8 Å². The summed E-state index contributed by atoms with van der Waals surface area (Å²) < 4.78 is 5.75. The molecule has 2 unspecified atom stereocenters. The van der Waals surface area contributed by atoms with E-state index in [1.54, 1.807) is 0 Å². The van der Waals surface area contributed by atoms with Gasteiger partial charge >= 0.3 is 0 Å². The predicted molar refractivity (Wildman–Crippen MR) is 110 cm³/mol. The molecule has 0 spiro atoms. The SMILES string of the molecule is CCNC(=NCC1(SC)CCOCC1)NC(C)C(C)c1ccccc1. The molecule has 25 heavy (non-hydrogen) atoms. The zero-order valence-electron chi connectivity index (χ0n) is 16.0. The number of hydrogen-bond acceptors (Lipinski definition) is 3. The second-order valence-corrected chi connectivity index (χ2v) is 8.10. The van der Waals surface area contributed by atoms with E-state index in [4.69, 9.17) is 9.73 Å². The molecule has 1 saturated heterocycles. The second-order valence-electron chi connectivity index (χ2n) is 6.83. The van der Waals surface area contributed by atoms with Gasteiger partial charge in [0.25, 0.3) is 0 Å². The predicted octanol–water partition coefficient (Wildman–Crippen LogP) is 3.65. The highest BCUT2D eigenvalue weighted by Gasteiger charge is 2.31. The van der Waals surface area contributed by atoms with Crippen molar-refractivity contribution in [1.82, 2.24) is 10.6 Å². The summed E-state index contributed by atoms with van der Waals surface area (Å²) in [7, 11) is 0. The van der Waals surface area contributed by atoms with Crippen LogP contribution in [-0.4, -0.2) is 49.3 Å². The molecule has 0 radical (unpaired) electrons. The number of rotatable bonds is 7. The van der Waals surface area contributed by atoms with E-state index in [0.29, 0.717) is 12.0 Å². The molecular formula is C20H33N3OS. The molecule has 0 aromatic heterocycles. The van der Waals surface area contributed by atoms with Gasteiger partial charge in [0.15, 0.2) is 5.96 Å². The Morgan fingerprint density at radius 2 is 1.92 bits per heavy atom. The van der Waals surface area contributed by atoms with Gasteiger partial charge in [0.05, 0.1) is 6.54 Å². The minimum absolute atomic E-state index is 0.217. The van der Waals surface area contributed by atoms with E-state index in [1.165, 1.54) is 5.56 Å². The molecule has 0 aliphatic carbocycles. The summed E-state index contributed by atoms with van der Waals surface area (Å²) in [5.41, 5.74) is 1.35. The van der Waals surface area contributed by atoms with Crippen LogP contribution in [0.4, 0.5) is 0 Å². The average Bonchev–Trinajstić information content (AvgIpc) is 2.67. The zero-order valence-corrected chi connectivity index (χ0v) is 16.9. The molecule has 2 N–H and O–H groups in total. The molecule has 1 aliphatic rings. The van der Waals surface area contributed by atoms with Crippen molar-refractivity contribution in [2.45, 2.75) is 50.3 Å². The summed E-state index contributed by atoms with van der Waals surface area (Å²) in [4.78, 5) is 4.91. The fourth-order valence-corrected chi connectivity index (χ4v) is 3.87. The quantitative estimate of drug-likeness (QED) is 0.573. The van der Waals surface area contributed by atoms with Gasteiger partial charge in [-0.2, -0.15) is 11.8 Å². The normalized spacial score (nSPS) is 19.9. The highest BCUT2D eigenvalue weighted by atomic mass is 32.2. The van der Waals surface area contributed by atoms with Gasteiger partial charge in [-0.1, -0.05) is 37.3 Å². The Morgan fingerprint density at radius 1 is 1.24 bits per heavy atom. The van der Waals surface area contributed by atoms with Crippen molar-refractivity contribution < 1.29 is 4.74 Å². The van der Waals surface area contributed by atoms with Crippen molar-refractivity contribution in [2.75, 3.05) is 32.6 Å². The Labute approximate surface area is 157 Å². The standard InChI is InChI=1S/C20H33N3OS/c1-5-21-19(22-15-20(25-4)11-13-24-14-12-20)23-17(3)16(2)18-9-7-6-8-10-18/h6-10,16-17H,5,11-15H2,1-4H3,(H2,21,22,23). The van der Waals surface area contributed by atoms with Crippen molar-refractivity contribution >= 4 is 17.7 Å². The fraction of sp³-hybridized carbons (Fsp3) is 0.650. The van der Waals surface area contributed by atoms with Crippen LogP contribution in [0, 0.1) is 0 Å². The lowest BCUT2D eigenvalue weighted by Crippen LogP contribution is -2.45. The van der Waals surface area contributed by atoms with E-state index in [2.05, 4.69) is 68.0 Å². The largest absolute Gasteiger partial charge is 0.381 e. The van der Waals surface area contributed by atoms with Crippen LogP contribution in [0.5, 0.6) is 0 Å². The summed E-state index contributed by atoms with van der Waals surface area (Å²) in [5, 5.41) is 6.99. The minimum Gasteiger partial charge on any atom is -0.381 e. The maximum atomic E-state index is 5.53. The first-order valence-electron chi connectivity index (χ1n) is 9.33. The molecule has 0 amide bonds. The highest BCUT2D eigenvalue weighted by Crippen LogP contribution is 2.34. The summed E-state index contributed by atoms with van der Waals surface area (Å²) in [5.74, 6) is 1.33. The third-order valence-electron chi connectivity index (χ3n) is 5.15. The fourth-order valence-electron chi connectivity index (χ4n) is 3.10. The molecule has 1 aromatic rings. The van der Waals surface area contributed by atoms with Gasteiger partial charge in [0.1, 0.15) is 0 Å². The van der Waals surface area contributed by atoms with Gasteiger partial charge in [-0.3, -0.25) is 4.99 Å². The lowest BCUT2D eigenvalue weighted by atomic mass is 9.94. The summed E-state index contributed by atoms with van der Waals surface area (Å²) in [6.07, 6.45) is 4.35. The first kappa shape index (κ1) is 20.1. The topological polar surface area (TPSA) is 45.7 Å². The number of thioether (sulfide) groups is 1. The number of hydrogen-bond donors (Lipinski definition) is 2. The van der Waals surface area contributed by atoms with Gasteiger partial charge in [-0.15, -0.1) is 0 Å². The van der Waals surface area contributed by atoms with Gasteiger partial charge in [-0.25, -0.2) is 0 Å². The molecule has 1 fully saturated rings. The van der Waals surface area contributed by atoms with E-state index >= 15 is 0 Å². The second kappa shape index (κ2) is 10.1. The Balaban J connectivity index is 2.01. The van der Waals surface area contributed by atoms with Crippen LogP contribution in [0.3, 0.4) is 0 Å². The van der Waals surface area contributed by atoms with Crippen molar-refractivity contribution in [3.8, 4) is 0 Å². The van der Waals surface area contributed by atoms with Crippen molar-refractivity contribution in [2.24, 2.45) is 4.99 Å². The van der Waals surface area contributed by atoms with Crippen LogP contribution in [0.25, 0.3) is 0 Å². The lowest BCUT2D eigenvalue weighted by Gasteiger charge is -2.34. The third kappa shape index (κ3) is 5.93. The Kier molecular flexibility index (Phi) is 8.10. The number of guanidine groups is 1. The van der Waals surface area contributed by atoms with Crippen LogP contribution in [0.15, 0.2) is 35.3 Å². The molecule has 2 atom stereocenters. The van der Waals surface area contributed by atoms with Crippen LogP contribution in [0.2, 0.25) is 0 Å². The van der Waals surface area contributed by atoms with Gasteiger partial charge in [0, 0.05) is 36.5 Å². The number of benzene rings is 1. The monoisotopic (exact) mass is 363 g/mol. The van der Waals surface area contributed by atoms with Crippen LogP contribution < -0.4 is 10.6 Å². The van der Waals surface area contributed by atoms with Crippen molar-refractivity contribution in [1.29, 1.82) is 0 Å². The summed E-state index contributed by atoms with van der Waals surface area (Å²) in [6, 6.07) is 11.0. The molecule has 2 rings (SSSR count). The third-order valence-corrected chi connectivity index (χ3v) is 6.55. The van der Waals surface area contributed by atoms with E-state index in [-0.39, 0.29) is 4.75 Å². The average molecular weight is 364 g/mol. The van der Waals surface area contributed by atoms with Crippen LogP contribution in [0.1, 0.15) is 45.1 Å². The van der Waals surface area contributed by atoms with E-state index in [0.717, 1.165) is 45.1 Å². The Hall–Kier alpha value is -1.20. The molecule has 140 valence electrons. The maximum absolute atomic E-state index is 5.53. The van der Waals surface area contributed by atoms with E-state index < -0.39 is 0 Å². The molecule has 0 saturated carbocycles. The molecule has 1 aliphatic heterocycles.